The number of benzene rings is 2. The van der Waals surface area contributed by atoms with Crippen LogP contribution in [0.1, 0.15) is 47.7 Å². The van der Waals surface area contributed by atoms with Crippen LogP contribution in [0, 0.1) is 0 Å². The van der Waals surface area contributed by atoms with Crippen molar-refractivity contribution < 1.29 is 14.0 Å². The zero-order valence-corrected chi connectivity index (χ0v) is 20.4. The second kappa shape index (κ2) is 11.6. The third kappa shape index (κ3) is 6.53. The van der Waals surface area contributed by atoms with Crippen LogP contribution in [-0.2, 0) is 4.79 Å². The van der Waals surface area contributed by atoms with Gasteiger partial charge in [-0.15, -0.1) is 0 Å². The molecule has 3 aromatic rings. The van der Waals surface area contributed by atoms with Gasteiger partial charge in [0.1, 0.15) is 5.54 Å². The number of carbonyl (C=O) groups excluding carboxylic acids is 2. The summed E-state index contributed by atoms with van der Waals surface area (Å²) in [5.74, 6) is -0.172. The van der Waals surface area contributed by atoms with Crippen LogP contribution in [0.2, 0.25) is 15.1 Å². The van der Waals surface area contributed by atoms with Gasteiger partial charge in [0.05, 0.1) is 6.26 Å². The molecule has 0 spiro atoms. The summed E-state index contributed by atoms with van der Waals surface area (Å²) in [5, 5.41) is 7.58. The first kappa shape index (κ1) is 25.2. The Morgan fingerprint density at radius 2 is 1.64 bits per heavy atom. The first-order valence-electron chi connectivity index (χ1n) is 10.6. The predicted molar refractivity (Wildman–Crippen MR) is 132 cm³/mol. The number of carbonyl (C=O) groups is 2. The van der Waals surface area contributed by atoms with Crippen molar-refractivity contribution in [3.63, 3.8) is 0 Å². The van der Waals surface area contributed by atoms with Crippen LogP contribution in [0.3, 0.4) is 0 Å². The Kier molecular flexibility index (Phi) is 8.84. The van der Waals surface area contributed by atoms with Crippen molar-refractivity contribution in [1.29, 1.82) is 0 Å². The Hall–Kier alpha value is -2.47. The lowest BCUT2D eigenvalue weighted by Gasteiger charge is -2.39. The van der Waals surface area contributed by atoms with E-state index in [2.05, 4.69) is 10.6 Å². The quantitative estimate of drug-likeness (QED) is 0.423. The van der Waals surface area contributed by atoms with Gasteiger partial charge in [0.2, 0.25) is 5.91 Å². The molecule has 0 saturated heterocycles. The fraction of sp³-hybridized carbons (Fsp3) is 0.280. The van der Waals surface area contributed by atoms with Crippen molar-refractivity contribution in [1.82, 2.24) is 10.6 Å². The van der Waals surface area contributed by atoms with Gasteiger partial charge in [-0.1, -0.05) is 59.1 Å². The molecule has 1 aliphatic rings. The molecule has 0 bridgehead atoms. The molecule has 2 amide bonds. The summed E-state index contributed by atoms with van der Waals surface area (Å²) < 4.78 is 5.14. The Labute approximate surface area is 208 Å². The molecule has 1 heterocycles. The van der Waals surface area contributed by atoms with Crippen molar-refractivity contribution >= 4 is 46.6 Å². The minimum Gasteiger partial charge on any atom is -0.459 e. The van der Waals surface area contributed by atoms with E-state index in [1.807, 2.05) is 42.5 Å². The van der Waals surface area contributed by atoms with Gasteiger partial charge in [-0.3, -0.25) is 9.59 Å². The smallest absolute Gasteiger partial charge is 0.287 e. The molecule has 174 valence electrons. The Morgan fingerprint density at radius 1 is 0.939 bits per heavy atom. The van der Waals surface area contributed by atoms with Crippen molar-refractivity contribution in [3.05, 3.63) is 93.3 Å². The summed E-state index contributed by atoms with van der Waals surface area (Å²) in [4.78, 5) is 25.0. The van der Waals surface area contributed by atoms with Gasteiger partial charge < -0.3 is 15.1 Å². The average Bonchev–Trinajstić information content (AvgIpc) is 3.35. The van der Waals surface area contributed by atoms with E-state index in [4.69, 9.17) is 39.2 Å². The van der Waals surface area contributed by atoms with E-state index >= 15 is 0 Å². The maximum absolute atomic E-state index is 12.5. The second-order valence-corrected chi connectivity index (χ2v) is 9.11. The van der Waals surface area contributed by atoms with Crippen LogP contribution in [-0.4, -0.2) is 24.4 Å². The Balaban J connectivity index is 0.000000374. The largest absolute Gasteiger partial charge is 0.459 e. The molecule has 1 fully saturated rings. The summed E-state index contributed by atoms with van der Waals surface area (Å²) in [6, 6.07) is 18.1. The highest BCUT2D eigenvalue weighted by Gasteiger charge is 2.43. The minimum atomic E-state index is -0.950. The van der Waals surface area contributed by atoms with Crippen LogP contribution in [0.4, 0.5) is 0 Å². The average molecular weight is 508 g/mol. The van der Waals surface area contributed by atoms with E-state index < -0.39 is 5.54 Å². The van der Waals surface area contributed by atoms with Gasteiger partial charge in [0.25, 0.3) is 5.91 Å². The van der Waals surface area contributed by atoms with E-state index in [0.29, 0.717) is 22.9 Å². The molecule has 0 atom stereocenters. The van der Waals surface area contributed by atoms with Crippen LogP contribution in [0.15, 0.2) is 71.3 Å². The number of amides is 2. The molecular formula is C25H25Cl3N2O3. The standard InChI is InChI=1S/C19H20Cl2N2O3.C6H5Cl/c1-22-18(25)19(23-17(24)16-3-2-10-26-16)8-6-12(7-9-19)14-5-4-13(20)11-15(14)21;7-6-4-2-1-3-5-6/h2-5,10-12H,6-9H2,1H3,(H,22,25)(H,23,24);1-5H. The van der Waals surface area contributed by atoms with Gasteiger partial charge in [0, 0.05) is 22.1 Å². The maximum atomic E-state index is 12.5. The van der Waals surface area contributed by atoms with E-state index in [-0.39, 0.29) is 23.5 Å². The Bertz CT molecular complexity index is 1060. The third-order valence-electron chi connectivity index (χ3n) is 5.73. The highest BCUT2D eigenvalue weighted by molar-refractivity contribution is 6.35. The number of hydrogen-bond donors (Lipinski definition) is 2. The summed E-state index contributed by atoms with van der Waals surface area (Å²) in [5.41, 5.74) is 0.0764. The molecule has 33 heavy (non-hydrogen) atoms. The van der Waals surface area contributed by atoms with Gasteiger partial charge >= 0.3 is 0 Å². The number of nitrogens with one attached hydrogen (secondary N) is 2. The van der Waals surface area contributed by atoms with Crippen LogP contribution in [0.25, 0.3) is 0 Å². The molecule has 5 nitrogen and oxygen atoms in total. The summed E-state index contributed by atoms with van der Waals surface area (Å²) in [7, 11) is 1.57. The summed E-state index contributed by atoms with van der Waals surface area (Å²) in [6.07, 6.45) is 3.92. The lowest BCUT2D eigenvalue weighted by atomic mass is 9.73. The molecule has 8 heteroatoms. The monoisotopic (exact) mass is 506 g/mol. The summed E-state index contributed by atoms with van der Waals surface area (Å²) in [6.45, 7) is 0. The molecule has 2 aromatic carbocycles. The van der Waals surface area contributed by atoms with E-state index in [1.54, 1.807) is 25.2 Å². The van der Waals surface area contributed by atoms with E-state index in [9.17, 15) is 9.59 Å². The molecule has 0 aliphatic heterocycles. The zero-order chi connectivity index (χ0) is 23.8. The zero-order valence-electron chi connectivity index (χ0n) is 18.1. The van der Waals surface area contributed by atoms with Crippen molar-refractivity contribution in [2.45, 2.75) is 37.1 Å². The van der Waals surface area contributed by atoms with Crippen LogP contribution >= 0.6 is 34.8 Å². The number of halogens is 3. The molecule has 4 rings (SSSR count). The first-order chi connectivity index (χ1) is 15.8. The molecule has 0 unspecified atom stereocenters. The number of furan rings is 1. The fourth-order valence-corrected chi connectivity index (χ4v) is 4.71. The maximum Gasteiger partial charge on any atom is 0.287 e. The number of rotatable bonds is 4. The highest BCUT2D eigenvalue weighted by Crippen LogP contribution is 2.41. The number of hydrogen-bond acceptors (Lipinski definition) is 3. The topological polar surface area (TPSA) is 71.3 Å². The molecule has 0 radical (unpaired) electrons. The normalized spacial score (nSPS) is 19.7. The fourth-order valence-electron chi connectivity index (χ4n) is 4.00. The van der Waals surface area contributed by atoms with E-state index in [0.717, 1.165) is 23.4 Å². The second-order valence-electron chi connectivity index (χ2n) is 7.83. The minimum absolute atomic E-state index is 0.191. The molecule has 1 aliphatic carbocycles. The lowest BCUT2D eigenvalue weighted by molar-refractivity contribution is -0.128. The molecular weight excluding hydrogens is 483 g/mol. The van der Waals surface area contributed by atoms with Gasteiger partial charge in [-0.05, 0) is 73.6 Å². The third-order valence-corrected chi connectivity index (χ3v) is 6.55. The molecule has 2 N–H and O–H groups in total. The SMILES string of the molecule is CNC(=O)C1(NC(=O)c2ccco2)CCC(c2ccc(Cl)cc2Cl)CC1.Clc1ccccc1. The molecule has 1 aromatic heterocycles. The van der Waals surface area contributed by atoms with Gasteiger partial charge in [-0.2, -0.15) is 0 Å². The van der Waals surface area contributed by atoms with Crippen molar-refractivity contribution in [2.75, 3.05) is 7.05 Å². The Morgan fingerprint density at radius 3 is 2.15 bits per heavy atom. The van der Waals surface area contributed by atoms with Crippen molar-refractivity contribution in [2.24, 2.45) is 0 Å². The van der Waals surface area contributed by atoms with Crippen molar-refractivity contribution in [3.8, 4) is 0 Å². The van der Waals surface area contributed by atoms with Gasteiger partial charge in [-0.25, -0.2) is 0 Å². The highest BCUT2D eigenvalue weighted by atomic mass is 35.5. The lowest BCUT2D eigenvalue weighted by Crippen LogP contribution is -2.59. The summed E-state index contributed by atoms with van der Waals surface area (Å²) >= 11 is 17.8. The number of likely N-dealkylation sites (N-methyl/N-ethyl adjacent to an activating group) is 1. The first-order valence-corrected chi connectivity index (χ1v) is 11.7. The van der Waals surface area contributed by atoms with Crippen LogP contribution < -0.4 is 10.6 Å². The predicted octanol–water partition coefficient (Wildman–Crippen LogP) is 6.50. The van der Waals surface area contributed by atoms with Crippen LogP contribution in [0.5, 0.6) is 0 Å². The molecule has 1 saturated carbocycles. The van der Waals surface area contributed by atoms with E-state index in [1.165, 1.54) is 6.26 Å². The van der Waals surface area contributed by atoms with Gasteiger partial charge in [0.15, 0.2) is 5.76 Å².